The van der Waals surface area contributed by atoms with Crippen LogP contribution < -0.4 is 4.90 Å². The van der Waals surface area contributed by atoms with Crippen molar-refractivity contribution < 1.29 is 0 Å². The average molecular weight is 367 g/mol. The van der Waals surface area contributed by atoms with Gasteiger partial charge in [-0.1, -0.05) is 6.07 Å². The van der Waals surface area contributed by atoms with Crippen molar-refractivity contribution in [3.63, 3.8) is 0 Å². The van der Waals surface area contributed by atoms with E-state index < -0.39 is 0 Å². The molecule has 0 atom stereocenters. The van der Waals surface area contributed by atoms with Crippen LogP contribution in [0.15, 0.2) is 45.5 Å². The number of hydrogen-bond donors (Lipinski definition) is 0. The van der Waals surface area contributed by atoms with E-state index in [1.54, 1.807) is 12.3 Å². The summed E-state index contributed by atoms with van der Waals surface area (Å²) in [6.45, 7) is 0. The van der Waals surface area contributed by atoms with Gasteiger partial charge in [0.1, 0.15) is 5.82 Å². The van der Waals surface area contributed by atoms with Crippen molar-refractivity contribution in [3.8, 4) is 6.07 Å². The third kappa shape index (κ3) is 2.71. The van der Waals surface area contributed by atoms with Gasteiger partial charge < -0.3 is 4.90 Å². The van der Waals surface area contributed by atoms with Crippen LogP contribution in [0.2, 0.25) is 0 Å². The van der Waals surface area contributed by atoms with Crippen molar-refractivity contribution in [2.24, 2.45) is 0 Å². The molecule has 0 N–H and O–H groups in total. The summed E-state index contributed by atoms with van der Waals surface area (Å²) in [6, 6.07) is 11.5. The maximum absolute atomic E-state index is 8.91. The summed E-state index contributed by atoms with van der Waals surface area (Å²) >= 11 is 6.85. The molecule has 0 radical (unpaired) electrons. The minimum Gasteiger partial charge on any atom is -0.329 e. The first-order valence-corrected chi connectivity index (χ1v) is 6.75. The number of hydrogen-bond acceptors (Lipinski definition) is 3. The second kappa shape index (κ2) is 5.51. The summed E-state index contributed by atoms with van der Waals surface area (Å²) in [5.74, 6) is 0.799. The van der Waals surface area contributed by atoms with Crippen LogP contribution in [0, 0.1) is 11.3 Å². The number of anilines is 2. The number of rotatable bonds is 2. The second-order valence-corrected chi connectivity index (χ2v) is 5.45. The summed E-state index contributed by atoms with van der Waals surface area (Å²) in [5.41, 5.74) is 1.55. The molecule has 2 rings (SSSR count). The fraction of sp³-hybridized carbons (Fsp3) is 0.0769. The molecule has 0 saturated heterocycles. The van der Waals surface area contributed by atoms with E-state index in [1.807, 2.05) is 36.2 Å². The normalized spacial score (nSPS) is 9.89. The van der Waals surface area contributed by atoms with Gasteiger partial charge in [-0.25, -0.2) is 4.98 Å². The topological polar surface area (TPSA) is 39.9 Å². The lowest BCUT2D eigenvalue weighted by molar-refractivity contribution is 1.11. The predicted octanol–water partition coefficient (Wildman–Crippen LogP) is 4.25. The Bertz CT molecular complexity index is 620. The second-order valence-electron chi connectivity index (χ2n) is 3.68. The molecular weight excluding hydrogens is 358 g/mol. The standard InChI is InChI=1S/C13H9Br2N3/c1-18(11-4-2-3-9(5-11)7-16)13-12(15)6-10(14)8-17-13/h2-6,8H,1H3. The van der Waals surface area contributed by atoms with Gasteiger partial charge in [0, 0.05) is 23.4 Å². The van der Waals surface area contributed by atoms with Crippen LogP contribution in [0.5, 0.6) is 0 Å². The van der Waals surface area contributed by atoms with Gasteiger partial charge in [-0.2, -0.15) is 5.26 Å². The quantitative estimate of drug-likeness (QED) is 0.797. The van der Waals surface area contributed by atoms with Crippen LogP contribution in [0.4, 0.5) is 11.5 Å². The van der Waals surface area contributed by atoms with E-state index in [9.17, 15) is 0 Å². The van der Waals surface area contributed by atoms with Crippen molar-refractivity contribution >= 4 is 43.4 Å². The van der Waals surface area contributed by atoms with E-state index in [1.165, 1.54) is 0 Å². The molecule has 1 aromatic heterocycles. The molecule has 2 aromatic rings. The molecule has 90 valence electrons. The fourth-order valence-corrected chi connectivity index (χ4v) is 2.81. The SMILES string of the molecule is CN(c1cccc(C#N)c1)c1ncc(Br)cc1Br. The monoisotopic (exact) mass is 365 g/mol. The van der Waals surface area contributed by atoms with Crippen LogP contribution >= 0.6 is 31.9 Å². The van der Waals surface area contributed by atoms with Crippen molar-refractivity contribution in [1.29, 1.82) is 5.26 Å². The molecule has 18 heavy (non-hydrogen) atoms. The Labute approximate surface area is 122 Å². The molecular formula is C13H9Br2N3. The molecule has 0 saturated carbocycles. The molecule has 1 heterocycles. The van der Waals surface area contributed by atoms with Gasteiger partial charge in [-0.05, 0) is 56.1 Å². The maximum Gasteiger partial charge on any atom is 0.147 e. The van der Waals surface area contributed by atoms with Gasteiger partial charge in [0.15, 0.2) is 0 Å². The molecule has 0 unspecified atom stereocenters. The van der Waals surface area contributed by atoms with Crippen LogP contribution in [0.1, 0.15) is 5.56 Å². The number of benzene rings is 1. The van der Waals surface area contributed by atoms with E-state index >= 15 is 0 Å². The molecule has 0 amide bonds. The van der Waals surface area contributed by atoms with Gasteiger partial charge in [-0.3, -0.25) is 0 Å². The van der Waals surface area contributed by atoms with Crippen molar-refractivity contribution in [2.75, 3.05) is 11.9 Å². The maximum atomic E-state index is 8.91. The summed E-state index contributed by atoms with van der Waals surface area (Å²) in [7, 11) is 1.91. The molecule has 0 fully saturated rings. The number of nitrogens with zero attached hydrogens (tertiary/aromatic N) is 3. The highest BCUT2D eigenvalue weighted by atomic mass is 79.9. The lowest BCUT2D eigenvalue weighted by atomic mass is 10.2. The molecule has 5 heteroatoms. The molecule has 0 bridgehead atoms. The van der Waals surface area contributed by atoms with Gasteiger partial charge >= 0.3 is 0 Å². The third-order valence-electron chi connectivity index (χ3n) is 2.47. The van der Waals surface area contributed by atoms with E-state index in [4.69, 9.17) is 5.26 Å². The fourth-order valence-electron chi connectivity index (χ4n) is 1.56. The number of pyridine rings is 1. The minimum atomic E-state index is 0.632. The first-order valence-electron chi connectivity index (χ1n) is 5.17. The highest BCUT2D eigenvalue weighted by Gasteiger charge is 2.10. The highest BCUT2D eigenvalue weighted by molar-refractivity contribution is 9.11. The Morgan fingerprint density at radius 3 is 2.72 bits per heavy atom. The molecule has 0 aliphatic carbocycles. The Morgan fingerprint density at radius 2 is 2.06 bits per heavy atom. The van der Waals surface area contributed by atoms with Crippen LogP contribution in [-0.4, -0.2) is 12.0 Å². The Morgan fingerprint density at radius 1 is 1.28 bits per heavy atom. The van der Waals surface area contributed by atoms with Crippen molar-refractivity contribution in [3.05, 3.63) is 51.0 Å². The summed E-state index contributed by atoms with van der Waals surface area (Å²) in [5, 5.41) is 8.91. The first kappa shape index (κ1) is 13.1. The first-order chi connectivity index (χ1) is 8.61. The predicted molar refractivity (Wildman–Crippen MR) is 78.9 cm³/mol. The van der Waals surface area contributed by atoms with Crippen molar-refractivity contribution in [1.82, 2.24) is 4.98 Å². The highest BCUT2D eigenvalue weighted by Crippen LogP contribution is 2.30. The lowest BCUT2D eigenvalue weighted by Gasteiger charge is -2.19. The van der Waals surface area contributed by atoms with E-state index in [-0.39, 0.29) is 0 Å². The number of halogens is 2. The van der Waals surface area contributed by atoms with E-state index in [0.717, 1.165) is 20.5 Å². The molecule has 3 nitrogen and oxygen atoms in total. The largest absolute Gasteiger partial charge is 0.329 e. The summed E-state index contributed by atoms with van der Waals surface area (Å²) < 4.78 is 1.80. The van der Waals surface area contributed by atoms with Crippen LogP contribution in [-0.2, 0) is 0 Å². The Kier molecular flexibility index (Phi) is 4.00. The number of aromatic nitrogens is 1. The van der Waals surface area contributed by atoms with Crippen LogP contribution in [0.25, 0.3) is 0 Å². The van der Waals surface area contributed by atoms with Crippen molar-refractivity contribution in [2.45, 2.75) is 0 Å². The molecule has 0 spiro atoms. The number of nitriles is 1. The van der Waals surface area contributed by atoms with Gasteiger partial charge in [0.2, 0.25) is 0 Å². The smallest absolute Gasteiger partial charge is 0.147 e. The molecule has 0 aliphatic heterocycles. The van der Waals surface area contributed by atoms with Gasteiger partial charge in [0.05, 0.1) is 16.1 Å². The third-order valence-corrected chi connectivity index (χ3v) is 3.49. The Balaban J connectivity index is 2.41. The Hall–Kier alpha value is -1.38. The van der Waals surface area contributed by atoms with Crippen LogP contribution in [0.3, 0.4) is 0 Å². The molecule has 0 aliphatic rings. The zero-order valence-electron chi connectivity index (χ0n) is 9.56. The summed E-state index contributed by atoms with van der Waals surface area (Å²) in [6.07, 6.45) is 1.74. The molecule has 1 aromatic carbocycles. The van der Waals surface area contributed by atoms with Gasteiger partial charge in [0.25, 0.3) is 0 Å². The average Bonchev–Trinajstić information content (AvgIpc) is 2.38. The minimum absolute atomic E-state index is 0.632. The zero-order valence-corrected chi connectivity index (χ0v) is 12.7. The lowest BCUT2D eigenvalue weighted by Crippen LogP contribution is -2.11. The zero-order chi connectivity index (χ0) is 13.1. The van der Waals surface area contributed by atoms with E-state index in [2.05, 4.69) is 42.9 Å². The van der Waals surface area contributed by atoms with Gasteiger partial charge in [-0.15, -0.1) is 0 Å². The van der Waals surface area contributed by atoms with E-state index in [0.29, 0.717) is 5.56 Å². The summed E-state index contributed by atoms with van der Waals surface area (Å²) in [4.78, 5) is 6.29.